The predicted octanol–water partition coefficient (Wildman–Crippen LogP) is 2.81. The van der Waals surface area contributed by atoms with Crippen LogP contribution < -0.4 is 0 Å². The van der Waals surface area contributed by atoms with Crippen LogP contribution in [0.3, 0.4) is 0 Å². The van der Waals surface area contributed by atoms with E-state index in [1.807, 2.05) is 12.2 Å². The normalized spacial score (nSPS) is 11.2. The third-order valence-electron chi connectivity index (χ3n) is 1.27. The SMILES string of the molecule is CCC/C=C/C=C/OC(=O)CC. The van der Waals surface area contributed by atoms with Crippen LogP contribution in [0.15, 0.2) is 24.5 Å². The molecule has 0 amide bonds. The molecule has 0 aromatic carbocycles. The second-order valence-electron chi connectivity index (χ2n) is 2.39. The Morgan fingerprint density at radius 2 is 2.08 bits per heavy atom. The number of ether oxygens (including phenoxy) is 1. The maximum Gasteiger partial charge on any atom is 0.310 e. The average molecular weight is 168 g/mol. The molecule has 0 atom stereocenters. The van der Waals surface area contributed by atoms with Gasteiger partial charge in [-0.1, -0.05) is 32.4 Å². The zero-order valence-corrected chi connectivity index (χ0v) is 7.75. The van der Waals surface area contributed by atoms with Crippen LogP contribution in [-0.2, 0) is 9.53 Å². The smallest absolute Gasteiger partial charge is 0.310 e. The number of hydrogen-bond donors (Lipinski definition) is 0. The molecular weight excluding hydrogens is 152 g/mol. The number of rotatable bonds is 5. The highest BCUT2D eigenvalue weighted by Gasteiger charge is 1.90. The van der Waals surface area contributed by atoms with Crippen molar-refractivity contribution < 1.29 is 9.53 Å². The Kier molecular flexibility index (Phi) is 7.35. The molecule has 0 aliphatic carbocycles. The summed E-state index contributed by atoms with van der Waals surface area (Å²) in [5.41, 5.74) is 0. The van der Waals surface area contributed by atoms with Crippen LogP contribution >= 0.6 is 0 Å². The van der Waals surface area contributed by atoms with E-state index in [-0.39, 0.29) is 5.97 Å². The molecule has 2 heteroatoms. The fraction of sp³-hybridized carbons (Fsp3) is 0.500. The van der Waals surface area contributed by atoms with E-state index < -0.39 is 0 Å². The van der Waals surface area contributed by atoms with E-state index in [1.54, 1.807) is 13.0 Å². The first-order valence-electron chi connectivity index (χ1n) is 4.32. The Morgan fingerprint density at radius 3 is 2.67 bits per heavy atom. The maximum atomic E-state index is 10.6. The topological polar surface area (TPSA) is 26.3 Å². The summed E-state index contributed by atoms with van der Waals surface area (Å²) in [6, 6.07) is 0. The van der Waals surface area contributed by atoms with Crippen LogP contribution in [-0.4, -0.2) is 5.97 Å². The molecule has 0 rings (SSSR count). The van der Waals surface area contributed by atoms with Crippen LogP contribution in [0, 0.1) is 0 Å². The lowest BCUT2D eigenvalue weighted by Crippen LogP contribution is -1.94. The average Bonchev–Trinajstić information content (AvgIpc) is 2.10. The first kappa shape index (κ1) is 11.0. The van der Waals surface area contributed by atoms with Gasteiger partial charge in [0.25, 0.3) is 0 Å². The van der Waals surface area contributed by atoms with Crippen molar-refractivity contribution in [2.24, 2.45) is 0 Å². The second-order valence-corrected chi connectivity index (χ2v) is 2.39. The van der Waals surface area contributed by atoms with E-state index in [0.29, 0.717) is 6.42 Å². The van der Waals surface area contributed by atoms with E-state index in [0.717, 1.165) is 12.8 Å². The zero-order valence-electron chi connectivity index (χ0n) is 7.75. The highest BCUT2D eigenvalue weighted by atomic mass is 16.5. The molecule has 0 N–H and O–H groups in total. The van der Waals surface area contributed by atoms with E-state index in [2.05, 4.69) is 6.92 Å². The second kappa shape index (κ2) is 8.05. The van der Waals surface area contributed by atoms with Gasteiger partial charge in [0.2, 0.25) is 0 Å². The van der Waals surface area contributed by atoms with Crippen LogP contribution in [0.25, 0.3) is 0 Å². The molecule has 0 aromatic heterocycles. The van der Waals surface area contributed by atoms with Crippen LogP contribution in [0.1, 0.15) is 33.1 Å². The number of carbonyl (C=O) groups excluding carboxylic acids is 1. The van der Waals surface area contributed by atoms with Crippen molar-refractivity contribution in [3.63, 3.8) is 0 Å². The first-order chi connectivity index (χ1) is 5.81. The summed E-state index contributed by atoms with van der Waals surface area (Å²) in [6.07, 6.45) is 9.68. The molecule has 0 unspecified atom stereocenters. The summed E-state index contributed by atoms with van der Waals surface area (Å²) in [7, 11) is 0. The van der Waals surface area contributed by atoms with Gasteiger partial charge < -0.3 is 4.74 Å². The van der Waals surface area contributed by atoms with Gasteiger partial charge in [0, 0.05) is 6.42 Å². The van der Waals surface area contributed by atoms with Crippen molar-refractivity contribution in [2.75, 3.05) is 0 Å². The van der Waals surface area contributed by atoms with Crippen LogP contribution in [0.2, 0.25) is 0 Å². The molecule has 0 aliphatic rings. The van der Waals surface area contributed by atoms with Crippen molar-refractivity contribution in [1.29, 1.82) is 0 Å². The van der Waals surface area contributed by atoms with Gasteiger partial charge >= 0.3 is 5.97 Å². The van der Waals surface area contributed by atoms with Crippen LogP contribution in [0.4, 0.5) is 0 Å². The monoisotopic (exact) mass is 168 g/mol. The lowest BCUT2D eigenvalue weighted by molar-refractivity contribution is -0.137. The van der Waals surface area contributed by atoms with E-state index in [4.69, 9.17) is 4.74 Å². The van der Waals surface area contributed by atoms with E-state index in [1.165, 1.54) is 6.26 Å². The summed E-state index contributed by atoms with van der Waals surface area (Å²) < 4.78 is 4.70. The highest BCUT2D eigenvalue weighted by Crippen LogP contribution is 1.90. The molecule has 2 nitrogen and oxygen atoms in total. The quantitative estimate of drug-likeness (QED) is 0.358. The van der Waals surface area contributed by atoms with Crippen molar-refractivity contribution in [3.8, 4) is 0 Å². The lowest BCUT2D eigenvalue weighted by atomic mass is 10.3. The summed E-state index contributed by atoms with van der Waals surface area (Å²) >= 11 is 0. The largest absolute Gasteiger partial charge is 0.434 e. The predicted molar refractivity (Wildman–Crippen MR) is 49.6 cm³/mol. The van der Waals surface area contributed by atoms with Crippen molar-refractivity contribution in [1.82, 2.24) is 0 Å². The van der Waals surface area contributed by atoms with Crippen LogP contribution in [0.5, 0.6) is 0 Å². The molecule has 0 heterocycles. The summed E-state index contributed by atoms with van der Waals surface area (Å²) in [5.74, 6) is -0.199. The van der Waals surface area contributed by atoms with Gasteiger partial charge in [0.1, 0.15) is 0 Å². The Bertz CT molecular complexity index is 169. The molecule has 0 bridgehead atoms. The Labute approximate surface area is 73.9 Å². The van der Waals surface area contributed by atoms with E-state index >= 15 is 0 Å². The molecule has 0 fully saturated rings. The van der Waals surface area contributed by atoms with Crippen molar-refractivity contribution in [3.05, 3.63) is 24.5 Å². The van der Waals surface area contributed by atoms with Gasteiger partial charge in [-0.25, -0.2) is 0 Å². The molecule has 0 spiro atoms. The van der Waals surface area contributed by atoms with Gasteiger partial charge in [-0.3, -0.25) is 4.79 Å². The summed E-state index contributed by atoms with van der Waals surface area (Å²) in [6.45, 7) is 3.88. The molecule has 12 heavy (non-hydrogen) atoms. The number of hydrogen-bond acceptors (Lipinski definition) is 2. The summed E-state index contributed by atoms with van der Waals surface area (Å²) in [4.78, 5) is 10.6. The Morgan fingerprint density at radius 1 is 1.33 bits per heavy atom. The minimum Gasteiger partial charge on any atom is -0.434 e. The Hall–Kier alpha value is -1.05. The van der Waals surface area contributed by atoms with Gasteiger partial charge in [-0.2, -0.15) is 0 Å². The molecule has 0 saturated heterocycles. The van der Waals surface area contributed by atoms with Crippen molar-refractivity contribution in [2.45, 2.75) is 33.1 Å². The van der Waals surface area contributed by atoms with Gasteiger partial charge in [-0.05, 0) is 12.5 Å². The Balaban J connectivity index is 3.42. The minimum absolute atomic E-state index is 0.199. The fourth-order valence-corrected chi connectivity index (χ4v) is 0.585. The number of allylic oxidation sites excluding steroid dienone is 3. The molecule has 0 saturated carbocycles. The first-order valence-corrected chi connectivity index (χ1v) is 4.32. The van der Waals surface area contributed by atoms with Gasteiger partial charge in [0.05, 0.1) is 6.26 Å². The highest BCUT2D eigenvalue weighted by molar-refractivity contribution is 5.69. The standard InChI is InChI=1S/C10H16O2/c1-3-5-6-7-8-9-12-10(11)4-2/h6-9H,3-5H2,1-2H3/b7-6+,9-8+. The number of unbranched alkanes of at least 4 members (excludes halogenated alkanes) is 1. The lowest BCUT2D eigenvalue weighted by Gasteiger charge is -1.91. The number of esters is 1. The third kappa shape index (κ3) is 7.06. The van der Waals surface area contributed by atoms with Gasteiger partial charge in [0.15, 0.2) is 0 Å². The molecule has 0 radical (unpaired) electrons. The molecule has 68 valence electrons. The third-order valence-corrected chi connectivity index (χ3v) is 1.27. The minimum atomic E-state index is -0.199. The summed E-state index contributed by atoms with van der Waals surface area (Å²) in [5, 5.41) is 0. The molecule has 0 aliphatic heterocycles. The molecular formula is C10H16O2. The van der Waals surface area contributed by atoms with Crippen molar-refractivity contribution >= 4 is 5.97 Å². The fourth-order valence-electron chi connectivity index (χ4n) is 0.585. The number of carbonyl (C=O) groups is 1. The molecule has 0 aromatic rings. The zero-order chi connectivity index (χ0) is 9.23. The van der Waals surface area contributed by atoms with E-state index in [9.17, 15) is 4.79 Å². The maximum absolute atomic E-state index is 10.6. The van der Waals surface area contributed by atoms with Gasteiger partial charge in [-0.15, -0.1) is 0 Å².